The highest BCUT2D eigenvalue weighted by Gasteiger charge is 2.15. The predicted octanol–water partition coefficient (Wildman–Crippen LogP) is 1.38. The number of rotatable bonds is 6. The summed E-state index contributed by atoms with van der Waals surface area (Å²) in [6.45, 7) is 1.92. The standard InChI is InChI=1S/C10H12O4S2/c1-2-14-9(12)6-8(11)7-16(13)10-4-3-5-15-10/h3-5H,2,6-7H2,1H3. The molecule has 1 atom stereocenters. The minimum atomic E-state index is -1.34. The van der Waals surface area contributed by atoms with Gasteiger partial charge in [-0.15, -0.1) is 11.3 Å². The molecule has 4 nitrogen and oxygen atoms in total. The minimum absolute atomic E-state index is 0.126. The molecule has 1 unspecified atom stereocenters. The molecule has 16 heavy (non-hydrogen) atoms. The van der Waals surface area contributed by atoms with E-state index in [1.807, 2.05) is 0 Å². The van der Waals surface area contributed by atoms with Crippen LogP contribution in [0.4, 0.5) is 0 Å². The lowest BCUT2D eigenvalue weighted by molar-refractivity contribution is -0.145. The zero-order valence-electron chi connectivity index (χ0n) is 8.80. The molecule has 0 aromatic carbocycles. The van der Waals surface area contributed by atoms with E-state index in [1.54, 1.807) is 24.4 Å². The first-order valence-corrected chi connectivity index (χ1v) is 6.92. The summed E-state index contributed by atoms with van der Waals surface area (Å²) in [6.07, 6.45) is -0.301. The van der Waals surface area contributed by atoms with Crippen molar-refractivity contribution in [1.29, 1.82) is 0 Å². The highest BCUT2D eigenvalue weighted by molar-refractivity contribution is 7.88. The third-order valence-corrected chi connectivity index (χ3v) is 4.34. The average Bonchev–Trinajstić information content (AvgIpc) is 2.69. The SMILES string of the molecule is CCOC(=O)CC(=O)CS(=O)c1cccs1. The third-order valence-electron chi connectivity index (χ3n) is 1.66. The monoisotopic (exact) mass is 260 g/mol. The van der Waals surface area contributed by atoms with Gasteiger partial charge in [0.05, 0.1) is 27.4 Å². The number of ether oxygens (including phenoxy) is 1. The van der Waals surface area contributed by atoms with Crippen molar-refractivity contribution in [2.24, 2.45) is 0 Å². The van der Waals surface area contributed by atoms with Gasteiger partial charge in [0.1, 0.15) is 6.42 Å². The van der Waals surface area contributed by atoms with E-state index in [-0.39, 0.29) is 24.6 Å². The molecule has 0 fully saturated rings. The minimum Gasteiger partial charge on any atom is -0.466 e. The van der Waals surface area contributed by atoms with E-state index in [1.165, 1.54) is 11.3 Å². The number of hydrogen-bond donors (Lipinski definition) is 0. The van der Waals surface area contributed by atoms with Crippen molar-refractivity contribution < 1.29 is 18.5 Å². The molecule has 0 N–H and O–H groups in total. The summed E-state index contributed by atoms with van der Waals surface area (Å²) in [5, 5.41) is 1.79. The second-order valence-corrected chi connectivity index (χ2v) is 5.57. The number of ketones is 1. The van der Waals surface area contributed by atoms with E-state index in [9.17, 15) is 13.8 Å². The molecule has 1 aromatic rings. The second-order valence-electron chi connectivity index (χ2n) is 2.94. The number of thiophene rings is 1. The summed E-state index contributed by atoms with van der Waals surface area (Å²) >= 11 is 1.33. The number of carbonyl (C=O) groups excluding carboxylic acids is 2. The van der Waals surface area contributed by atoms with Crippen LogP contribution in [0.2, 0.25) is 0 Å². The Kier molecular flexibility index (Phi) is 5.34. The van der Waals surface area contributed by atoms with Crippen LogP contribution in [0, 0.1) is 0 Å². The van der Waals surface area contributed by atoms with E-state index in [0.717, 1.165) is 0 Å². The molecule has 0 saturated carbocycles. The molecular weight excluding hydrogens is 248 g/mol. The first kappa shape index (κ1) is 13.1. The van der Waals surface area contributed by atoms with Gasteiger partial charge < -0.3 is 4.74 Å². The molecule has 6 heteroatoms. The molecule has 0 aliphatic carbocycles. The van der Waals surface area contributed by atoms with Crippen molar-refractivity contribution in [3.63, 3.8) is 0 Å². The van der Waals surface area contributed by atoms with Crippen molar-refractivity contribution >= 4 is 33.9 Å². The molecule has 1 rings (SSSR count). The number of carbonyl (C=O) groups is 2. The van der Waals surface area contributed by atoms with Gasteiger partial charge >= 0.3 is 5.97 Å². The Morgan fingerprint density at radius 3 is 2.81 bits per heavy atom. The zero-order chi connectivity index (χ0) is 12.0. The quantitative estimate of drug-likeness (QED) is 0.572. The van der Waals surface area contributed by atoms with Gasteiger partial charge in [-0.2, -0.15) is 0 Å². The number of Topliss-reactive ketones (excluding diaryl/α,β-unsaturated/α-hetero) is 1. The summed E-state index contributed by atoms with van der Waals surface area (Å²) in [5.41, 5.74) is 0. The normalized spacial score (nSPS) is 12.1. The van der Waals surface area contributed by atoms with Gasteiger partial charge in [-0.1, -0.05) is 6.07 Å². The van der Waals surface area contributed by atoms with E-state index in [2.05, 4.69) is 4.74 Å². The molecule has 0 amide bonds. The smallest absolute Gasteiger partial charge is 0.313 e. The zero-order valence-corrected chi connectivity index (χ0v) is 10.4. The maximum absolute atomic E-state index is 11.6. The second kappa shape index (κ2) is 6.55. The van der Waals surface area contributed by atoms with Crippen LogP contribution in [-0.2, 0) is 25.1 Å². The molecular formula is C10H12O4S2. The van der Waals surface area contributed by atoms with Crippen LogP contribution in [0.15, 0.2) is 21.7 Å². The molecule has 0 aliphatic rings. The topological polar surface area (TPSA) is 60.4 Å². The summed E-state index contributed by atoms with van der Waals surface area (Å²) in [7, 11) is -1.34. The fourth-order valence-electron chi connectivity index (χ4n) is 1.03. The molecule has 0 saturated heterocycles. The summed E-state index contributed by atoms with van der Waals surface area (Å²) in [4.78, 5) is 22.3. The van der Waals surface area contributed by atoms with E-state index >= 15 is 0 Å². The molecule has 88 valence electrons. The molecule has 1 heterocycles. The predicted molar refractivity (Wildman–Crippen MR) is 61.9 cm³/mol. The average molecular weight is 260 g/mol. The van der Waals surface area contributed by atoms with Crippen molar-refractivity contribution in [3.8, 4) is 0 Å². The van der Waals surface area contributed by atoms with Gasteiger partial charge in [-0.05, 0) is 18.4 Å². The fourth-order valence-corrected chi connectivity index (χ4v) is 3.02. The fraction of sp³-hybridized carbons (Fsp3) is 0.400. The lowest BCUT2D eigenvalue weighted by Crippen LogP contribution is -2.16. The van der Waals surface area contributed by atoms with Crippen LogP contribution in [0.3, 0.4) is 0 Å². The third kappa shape index (κ3) is 4.24. The van der Waals surface area contributed by atoms with Crippen molar-refractivity contribution in [2.75, 3.05) is 12.4 Å². The largest absolute Gasteiger partial charge is 0.466 e. The van der Waals surface area contributed by atoms with Crippen LogP contribution in [-0.4, -0.2) is 28.3 Å². The van der Waals surface area contributed by atoms with Crippen LogP contribution in [0.5, 0.6) is 0 Å². The Bertz CT molecular complexity index is 384. The van der Waals surface area contributed by atoms with Crippen molar-refractivity contribution in [3.05, 3.63) is 17.5 Å². The lowest BCUT2D eigenvalue weighted by atomic mass is 10.3. The van der Waals surface area contributed by atoms with Crippen LogP contribution >= 0.6 is 11.3 Å². The van der Waals surface area contributed by atoms with Gasteiger partial charge in [0, 0.05) is 0 Å². The molecule has 1 aromatic heterocycles. The lowest BCUT2D eigenvalue weighted by Gasteiger charge is -2.00. The van der Waals surface area contributed by atoms with E-state index in [0.29, 0.717) is 4.21 Å². The van der Waals surface area contributed by atoms with Gasteiger partial charge in [-0.25, -0.2) is 0 Å². The van der Waals surface area contributed by atoms with Crippen LogP contribution in [0.1, 0.15) is 13.3 Å². The maximum Gasteiger partial charge on any atom is 0.313 e. The van der Waals surface area contributed by atoms with Gasteiger partial charge in [0.25, 0.3) is 0 Å². The Balaban J connectivity index is 2.40. The van der Waals surface area contributed by atoms with Crippen molar-refractivity contribution in [2.45, 2.75) is 17.6 Å². The first-order valence-electron chi connectivity index (χ1n) is 4.72. The van der Waals surface area contributed by atoms with Gasteiger partial charge in [0.15, 0.2) is 5.78 Å². The maximum atomic E-state index is 11.6. The summed E-state index contributed by atoms with van der Waals surface area (Å²) in [6, 6.07) is 3.48. The van der Waals surface area contributed by atoms with Gasteiger partial charge in [-0.3, -0.25) is 13.8 Å². The van der Waals surface area contributed by atoms with E-state index in [4.69, 9.17) is 0 Å². The summed E-state index contributed by atoms with van der Waals surface area (Å²) < 4.78 is 16.9. The highest BCUT2D eigenvalue weighted by Crippen LogP contribution is 2.14. The van der Waals surface area contributed by atoms with Crippen molar-refractivity contribution in [1.82, 2.24) is 0 Å². The number of hydrogen-bond acceptors (Lipinski definition) is 5. The number of esters is 1. The Labute approximate surface area is 100 Å². The molecule has 0 radical (unpaired) electrons. The Morgan fingerprint density at radius 1 is 1.50 bits per heavy atom. The van der Waals surface area contributed by atoms with Crippen LogP contribution < -0.4 is 0 Å². The Hall–Kier alpha value is -1.01. The van der Waals surface area contributed by atoms with Gasteiger partial charge in [0.2, 0.25) is 0 Å². The highest BCUT2D eigenvalue weighted by atomic mass is 32.2. The van der Waals surface area contributed by atoms with Crippen LogP contribution in [0.25, 0.3) is 0 Å². The molecule has 0 aliphatic heterocycles. The summed E-state index contributed by atoms with van der Waals surface area (Å²) in [5.74, 6) is -1.04. The Morgan fingerprint density at radius 2 is 2.25 bits per heavy atom. The first-order chi connectivity index (χ1) is 7.63. The molecule has 0 spiro atoms. The molecule has 0 bridgehead atoms. The van der Waals surface area contributed by atoms with E-state index < -0.39 is 16.8 Å².